The number of amides is 1. The number of anilines is 1. The van der Waals surface area contributed by atoms with E-state index in [4.69, 9.17) is 11.6 Å². The van der Waals surface area contributed by atoms with E-state index in [1.165, 1.54) is 5.56 Å². The number of piperidine rings is 1. The van der Waals surface area contributed by atoms with Gasteiger partial charge in [0.1, 0.15) is 6.04 Å². The minimum Gasteiger partial charge on any atom is -0.358 e. The Labute approximate surface area is 131 Å². The molecule has 1 heterocycles. The second-order valence-electron chi connectivity index (χ2n) is 5.39. The lowest BCUT2D eigenvalue weighted by Gasteiger charge is -2.36. The molecule has 0 aromatic heterocycles. The predicted octanol–water partition coefficient (Wildman–Crippen LogP) is 2.55. The molecule has 0 spiro atoms. The van der Waals surface area contributed by atoms with Crippen LogP contribution in [-0.2, 0) is 11.3 Å². The monoisotopic (exact) mass is 309 g/mol. The highest BCUT2D eigenvalue weighted by molar-refractivity contribution is 6.33. The molecule has 1 fully saturated rings. The van der Waals surface area contributed by atoms with Gasteiger partial charge in [0.2, 0.25) is 5.91 Å². The van der Waals surface area contributed by atoms with Gasteiger partial charge in [0, 0.05) is 20.1 Å². The number of rotatable bonds is 5. The molecule has 1 atom stereocenters. The summed E-state index contributed by atoms with van der Waals surface area (Å²) >= 11 is 6.45. The molecule has 21 heavy (non-hydrogen) atoms. The summed E-state index contributed by atoms with van der Waals surface area (Å²) in [5.41, 5.74) is 2.13. The van der Waals surface area contributed by atoms with Crippen LogP contribution in [0.4, 0.5) is 5.69 Å². The van der Waals surface area contributed by atoms with Crippen molar-refractivity contribution in [3.05, 3.63) is 28.8 Å². The Bertz CT molecular complexity index is 492. The first-order chi connectivity index (χ1) is 10.2. The molecule has 0 aliphatic carbocycles. The molecule has 1 aliphatic rings. The van der Waals surface area contributed by atoms with E-state index in [2.05, 4.69) is 28.5 Å². The zero-order valence-corrected chi connectivity index (χ0v) is 13.5. The highest BCUT2D eigenvalue weighted by atomic mass is 35.5. The van der Waals surface area contributed by atoms with Crippen molar-refractivity contribution in [2.45, 2.75) is 38.8 Å². The lowest BCUT2D eigenvalue weighted by atomic mass is 10.00. The number of nitrogens with zero attached hydrogens (tertiary/aromatic N) is 1. The lowest BCUT2D eigenvalue weighted by Crippen LogP contribution is -2.49. The number of hydrogen-bond acceptors (Lipinski definition) is 3. The summed E-state index contributed by atoms with van der Waals surface area (Å²) in [6.07, 6.45) is 3.07. The van der Waals surface area contributed by atoms with Gasteiger partial charge in [-0.25, -0.2) is 0 Å². The number of carbonyl (C=O) groups is 1. The Kier molecular flexibility index (Phi) is 5.88. The van der Waals surface area contributed by atoms with Crippen molar-refractivity contribution in [3.8, 4) is 0 Å². The first-order valence-corrected chi connectivity index (χ1v) is 8.02. The molecule has 0 radical (unpaired) electrons. The number of carbonyl (C=O) groups excluding carboxylic acids is 1. The van der Waals surface area contributed by atoms with Crippen LogP contribution in [0.15, 0.2) is 18.2 Å². The van der Waals surface area contributed by atoms with E-state index in [9.17, 15) is 4.79 Å². The smallest absolute Gasteiger partial charge is 0.242 e. The Hall–Kier alpha value is -1.26. The molecule has 1 aliphatic heterocycles. The number of halogens is 1. The maximum Gasteiger partial charge on any atom is 0.242 e. The highest BCUT2D eigenvalue weighted by Gasteiger charge is 2.29. The number of nitrogens with one attached hydrogen (secondary N) is 2. The third-order valence-electron chi connectivity index (χ3n) is 3.95. The van der Waals surface area contributed by atoms with Crippen LogP contribution in [0.25, 0.3) is 0 Å². The molecule has 2 N–H and O–H groups in total. The second kappa shape index (κ2) is 7.66. The molecular formula is C16H24ClN3O. The summed E-state index contributed by atoms with van der Waals surface area (Å²) in [7, 11) is 1.69. The fourth-order valence-corrected chi connectivity index (χ4v) is 3.13. The molecule has 1 aromatic rings. The summed E-state index contributed by atoms with van der Waals surface area (Å²) in [6.45, 7) is 4.71. The van der Waals surface area contributed by atoms with Gasteiger partial charge in [-0.05, 0) is 43.5 Å². The quantitative estimate of drug-likeness (QED) is 0.878. The molecule has 2 rings (SSSR count). The van der Waals surface area contributed by atoms with Gasteiger partial charge in [-0.2, -0.15) is 0 Å². The second-order valence-corrected chi connectivity index (χ2v) is 5.79. The summed E-state index contributed by atoms with van der Waals surface area (Å²) in [5.74, 6) is 0.0718. The standard InChI is InChI=1S/C16H24ClN3O/c1-3-19-11-12-7-8-14(13(17)10-12)20-9-5-4-6-15(20)16(21)18-2/h7-8,10,15,19H,3-6,9,11H2,1-2H3,(H,18,21). The van der Waals surface area contributed by atoms with Crippen LogP contribution in [0.3, 0.4) is 0 Å². The van der Waals surface area contributed by atoms with Crippen molar-refractivity contribution in [1.82, 2.24) is 10.6 Å². The number of likely N-dealkylation sites (N-methyl/N-ethyl adjacent to an activating group) is 1. The summed E-state index contributed by atoms with van der Waals surface area (Å²) < 4.78 is 0. The lowest BCUT2D eigenvalue weighted by molar-refractivity contribution is -0.122. The normalized spacial score (nSPS) is 18.6. The van der Waals surface area contributed by atoms with Gasteiger partial charge in [-0.3, -0.25) is 4.79 Å². The molecule has 1 amide bonds. The van der Waals surface area contributed by atoms with Crippen molar-refractivity contribution in [3.63, 3.8) is 0 Å². The fraction of sp³-hybridized carbons (Fsp3) is 0.562. The largest absolute Gasteiger partial charge is 0.358 e. The summed E-state index contributed by atoms with van der Waals surface area (Å²) in [6, 6.07) is 6.01. The van der Waals surface area contributed by atoms with Crippen molar-refractivity contribution >= 4 is 23.2 Å². The SMILES string of the molecule is CCNCc1ccc(N2CCCCC2C(=O)NC)c(Cl)c1. The van der Waals surface area contributed by atoms with Gasteiger partial charge >= 0.3 is 0 Å². The summed E-state index contributed by atoms with van der Waals surface area (Å²) in [4.78, 5) is 14.2. The average Bonchev–Trinajstić information content (AvgIpc) is 2.52. The van der Waals surface area contributed by atoms with Gasteiger partial charge in [0.25, 0.3) is 0 Å². The molecule has 4 nitrogen and oxygen atoms in total. The zero-order valence-electron chi connectivity index (χ0n) is 12.8. The first-order valence-electron chi connectivity index (χ1n) is 7.64. The highest BCUT2D eigenvalue weighted by Crippen LogP contribution is 2.32. The molecule has 1 unspecified atom stereocenters. The molecule has 1 saturated heterocycles. The molecule has 1 aromatic carbocycles. The van der Waals surface area contributed by atoms with Gasteiger partial charge in [-0.15, -0.1) is 0 Å². The Morgan fingerprint density at radius 2 is 2.24 bits per heavy atom. The number of hydrogen-bond donors (Lipinski definition) is 2. The number of benzene rings is 1. The third-order valence-corrected chi connectivity index (χ3v) is 4.26. The van der Waals surface area contributed by atoms with Gasteiger partial charge in [-0.1, -0.05) is 24.6 Å². The van der Waals surface area contributed by atoms with E-state index in [0.29, 0.717) is 0 Å². The first kappa shape index (κ1) is 16.1. The maximum absolute atomic E-state index is 12.1. The van der Waals surface area contributed by atoms with Gasteiger partial charge in [0.15, 0.2) is 0 Å². The van der Waals surface area contributed by atoms with Crippen LogP contribution in [0.1, 0.15) is 31.7 Å². The van der Waals surface area contributed by atoms with Crippen LogP contribution in [0, 0.1) is 0 Å². The van der Waals surface area contributed by atoms with Crippen LogP contribution in [-0.4, -0.2) is 32.1 Å². The minimum absolute atomic E-state index is 0.0718. The molecular weight excluding hydrogens is 286 g/mol. The van der Waals surface area contributed by atoms with Gasteiger partial charge < -0.3 is 15.5 Å². The average molecular weight is 310 g/mol. The van der Waals surface area contributed by atoms with E-state index < -0.39 is 0 Å². The van der Waals surface area contributed by atoms with Crippen molar-refractivity contribution in [2.75, 3.05) is 25.0 Å². The van der Waals surface area contributed by atoms with Crippen molar-refractivity contribution < 1.29 is 4.79 Å². The fourth-order valence-electron chi connectivity index (χ4n) is 2.82. The Balaban J connectivity index is 2.20. The molecule has 116 valence electrons. The molecule has 0 bridgehead atoms. The van der Waals surface area contributed by atoms with E-state index in [1.54, 1.807) is 7.05 Å². The third kappa shape index (κ3) is 3.89. The van der Waals surface area contributed by atoms with E-state index in [1.807, 2.05) is 12.1 Å². The Morgan fingerprint density at radius 1 is 1.43 bits per heavy atom. The topological polar surface area (TPSA) is 44.4 Å². The minimum atomic E-state index is -0.110. The van der Waals surface area contributed by atoms with Crippen LogP contribution in [0.2, 0.25) is 5.02 Å². The zero-order chi connectivity index (χ0) is 15.2. The Morgan fingerprint density at radius 3 is 2.90 bits per heavy atom. The van der Waals surface area contributed by atoms with E-state index >= 15 is 0 Å². The predicted molar refractivity (Wildman–Crippen MR) is 87.9 cm³/mol. The molecule has 5 heteroatoms. The maximum atomic E-state index is 12.1. The van der Waals surface area contributed by atoms with Crippen LogP contribution < -0.4 is 15.5 Å². The van der Waals surface area contributed by atoms with Crippen LogP contribution in [0.5, 0.6) is 0 Å². The van der Waals surface area contributed by atoms with Crippen LogP contribution >= 0.6 is 11.6 Å². The summed E-state index contributed by atoms with van der Waals surface area (Å²) in [5, 5.41) is 6.77. The van der Waals surface area contributed by atoms with E-state index in [-0.39, 0.29) is 11.9 Å². The van der Waals surface area contributed by atoms with Crippen molar-refractivity contribution in [1.29, 1.82) is 0 Å². The van der Waals surface area contributed by atoms with Gasteiger partial charge in [0.05, 0.1) is 10.7 Å². The van der Waals surface area contributed by atoms with Crippen molar-refractivity contribution in [2.24, 2.45) is 0 Å². The van der Waals surface area contributed by atoms with E-state index in [0.717, 1.165) is 49.6 Å². The molecule has 0 saturated carbocycles.